The molecule has 0 aromatic heterocycles. The number of carbonyl (C=O) groups excluding carboxylic acids is 2. The smallest absolute Gasteiger partial charge is 0.303 e. The number of amides is 1. The van der Waals surface area contributed by atoms with Gasteiger partial charge < -0.3 is 25.0 Å². The summed E-state index contributed by atoms with van der Waals surface area (Å²) in [7, 11) is 3.60. The normalized spacial score (nSPS) is 18.8. The minimum atomic E-state index is -0.929. The Kier molecular flexibility index (Phi) is 8.85. The fourth-order valence-corrected chi connectivity index (χ4v) is 4.43. The van der Waals surface area contributed by atoms with Crippen LogP contribution in [0.15, 0.2) is 60.3 Å². The summed E-state index contributed by atoms with van der Waals surface area (Å²) in [6.07, 6.45) is -0.372. The van der Waals surface area contributed by atoms with Crippen LogP contribution in [0.2, 0.25) is 0 Å². The highest BCUT2D eigenvalue weighted by Crippen LogP contribution is 2.40. The van der Waals surface area contributed by atoms with Crippen molar-refractivity contribution < 1.29 is 19.1 Å². The summed E-state index contributed by atoms with van der Waals surface area (Å²) < 4.78 is 11.0. The Balaban J connectivity index is 2.08. The van der Waals surface area contributed by atoms with Crippen molar-refractivity contribution >= 4 is 17.4 Å². The summed E-state index contributed by atoms with van der Waals surface area (Å²) in [5, 5.41) is 0. The first kappa shape index (κ1) is 25.5. The van der Waals surface area contributed by atoms with Crippen molar-refractivity contribution in [3.05, 3.63) is 71.4 Å². The lowest BCUT2D eigenvalue weighted by molar-refractivity contribution is -0.159. The minimum Gasteiger partial charge on any atom is -0.497 e. The summed E-state index contributed by atoms with van der Waals surface area (Å²) in [5.41, 5.74) is 9.61. The van der Waals surface area contributed by atoms with Crippen LogP contribution in [0.25, 0.3) is 5.57 Å². The summed E-state index contributed by atoms with van der Waals surface area (Å²) in [6.45, 7) is 5.74. The van der Waals surface area contributed by atoms with Gasteiger partial charge in [0.15, 0.2) is 6.10 Å². The van der Waals surface area contributed by atoms with Gasteiger partial charge in [0.25, 0.3) is 5.91 Å². The van der Waals surface area contributed by atoms with Crippen molar-refractivity contribution in [1.29, 1.82) is 0 Å². The van der Waals surface area contributed by atoms with E-state index < -0.39 is 12.1 Å². The average molecular weight is 466 g/mol. The van der Waals surface area contributed by atoms with E-state index in [2.05, 4.69) is 17.0 Å². The number of methoxy groups -OCH3 is 1. The van der Waals surface area contributed by atoms with E-state index in [0.29, 0.717) is 26.1 Å². The van der Waals surface area contributed by atoms with Gasteiger partial charge in [0.05, 0.1) is 7.11 Å². The van der Waals surface area contributed by atoms with Crippen LogP contribution in [0.4, 0.5) is 0 Å². The number of nitrogens with zero attached hydrogens (tertiary/aromatic N) is 2. The molecule has 2 aromatic carbocycles. The van der Waals surface area contributed by atoms with Gasteiger partial charge in [-0.3, -0.25) is 9.59 Å². The van der Waals surface area contributed by atoms with Crippen LogP contribution in [-0.4, -0.2) is 68.1 Å². The Bertz CT molecular complexity index is 1000. The zero-order valence-corrected chi connectivity index (χ0v) is 20.5. The first-order valence-corrected chi connectivity index (χ1v) is 11.6. The third-order valence-corrected chi connectivity index (χ3v) is 6.32. The van der Waals surface area contributed by atoms with Gasteiger partial charge in [0.2, 0.25) is 0 Å². The largest absolute Gasteiger partial charge is 0.497 e. The van der Waals surface area contributed by atoms with E-state index in [0.717, 1.165) is 34.7 Å². The number of carbonyl (C=O) groups is 2. The molecule has 3 rings (SSSR count). The Labute approximate surface area is 202 Å². The second kappa shape index (κ2) is 11.8. The van der Waals surface area contributed by atoms with E-state index in [9.17, 15) is 9.59 Å². The predicted molar refractivity (Wildman–Crippen MR) is 133 cm³/mol. The monoisotopic (exact) mass is 465 g/mol. The molecule has 0 radical (unpaired) electrons. The van der Waals surface area contributed by atoms with Gasteiger partial charge in [-0.2, -0.15) is 0 Å². The van der Waals surface area contributed by atoms with E-state index in [1.807, 2.05) is 56.4 Å². The predicted octanol–water partition coefficient (Wildman–Crippen LogP) is 3.26. The zero-order chi connectivity index (χ0) is 24.7. The van der Waals surface area contributed by atoms with Crippen LogP contribution in [0.5, 0.6) is 5.75 Å². The second-order valence-corrected chi connectivity index (χ2v) is 8.63. The Morgan fingerprint density at radius 1 is 1.12 bits per heavy atom. The lowest BCUT2D eigenvalue weighted by Gasteiger charge is -2.30. The van der Waals surface area contributed by atoms with Crippen LogP contribution in [0.3, 0.4) is 0 Å². The maximum absolute atomic E-state index is 13.9. The summed E-state index contributed by atoms with van der Waals surface area (Å²) in [4.78, 5) is 29.8. The summed E-state index contributed by atoms with van der Waals surface area (Å²) in [6, 6.07) is 17.7. The molecule has 0 bridgehead atoms. The van der Waals surface area contributed by atoms with Gasteiger partial charge in [-0.05, 0) is 49.2 Å². The van der Waals surface area contributed by atoms with Crippen molar-refractivity contribution in [3.63, 3.8) is 0 Å². The molecule has 0 saturated heterocycles. The molecule has 2 N–H and O–H groups in total. The molecule has 7 nitrogen and oxygen atoms in total. The van der Waals surface area contributed by atoms with Crippen LogP contribution in [0, 0.1) is 0 Å². The number of allylic oxidation sites excluding steroid dienone is 2. The van der Waals surface area contributed by atoms with Gasteiger partial charge >= 0.3 is 5.97 Å². The van der Waals surface area contributed by atoms with Crippen LogP contribution in [-0.2, 0) is 14.3 Å². The van der Waals surface area contributed by atoms with Gasteiger partial charge in [-0.25, -0.2) is 0 Å². The van der Waals surface area contributed by atoms with Crippen molar-refractivity contribution in [1.82, 2.24) is 9.80 Å². The number of ether oxygens (including phenoxy) is 2. The molecule has 1 aliphatic heterocycles. The van der Waals surface area contributed by atoms with Gasteiger partial charge in [-0.15, -0.1) is 0 Å². The van der Waals surface area contributed by atoms with Crippen LogP contribution in [0.1, 0.15) is 37.3 Å². The molecule has 7 heteroatoms. The molecule has 34 heavy (non-hydrogen) atoms. The fourth-order valence-electron chi connectivity index (χ4n) is 4.43. The number of hydrogen-bond donors (Lipinski definition) is 1. The summed E-state index contributed by atoms with van der Waals surface area (Å²) >= 11 is 0. The molecular formula is C27H35N3O4. The van der Waals surface area contributed by atoms with E-state index in [-0.39, 0.29) is 11.8 Å². The number of likely N-dealkylation sites (N-methyl/N-ethyl adjacent to an activating group) is 1. The molecule has 1 heterocycles. The summed E-state index contributed by atoms with van der Waals surface area (Å²) in [5.74, 6) is -0.287. The van der Waals surface area contributed by atoms with Crippen molar-refractivity contribution in [3.8, 4) is 5.75 Å². The number of rotatable bonds is 9. The van der Waals surface area contributed by atoms with Crippen molar-refractivity contribution in [2.45, 2.75) is 32.3 Å². The Morgan fingerprint density at radius 3 is 2.38 bits per heavy atom. The Morgan fingerprint density at radius 2 is 1.79 bits per heavy atom. The highest BCUT2D eigenvalue weighted by molar-refractivity contribution is 5.89. The standard InChI is InChI=1S/C27H35N3O4/c1-19-24(21-8-6-5-7-9-21)18-25(22-10-12-23(33-4)13-11-22)26(34-20(2)31)27(32)30(19)17-16-29(3)15-14-28/h5-13,25-26H,14-18,28H2,1-4H3/t25-,26+/m0/s1. The lowest BCUT2D eigenvalue weighted by atomic mass is 9.85. The molecule has 0 aliphatic carbocycles. The Hall–Kier alpha value is -3.16. The first-order valence-electron chi connectivity index (χ1n) is 11.6. The topological polar surface area (TPSA) is 85.1 Å². The second-order valence-electron chi connectivity index (χ2n) is 8.63. The molecule has 0 fully saturated rings. The highest BCUT2D eigenvalue weighted by atomic mass is 16.5. The number of nitrogens with two attached hydrogens (primary N) is 1. The van der Waals surface area contributed by atoms with Crippen molar-refractivity contribution in [2.24, 2.45) is 5.73 Å². The number of hydrogen-bond acceptors (Lipinski definition) is 6. The molecule has 1 aliphatic rings. The minimum absolute atomic E-state index is 0.208. The van der Waals surface area contributed by atoms with Crippen LogP contribution >= 0.6 is 0 Å². The lowest BCUT2D eigenvalue weighted by Crippen LogP contribution is -2.44. The van der Waals surface area contributed by atoms with Gasteiger partial charge in [0, 0.05) is 44.7 Å². The molecule has 0 spiro atoms. The van der Waals surface area contributed by atoms with Gasteiger partial charge in [0.1, 0.15) is 5.75 Å². The average Bonchev–Trinajstić information content (AvgIpc) is 2.93. The van der Waals surface area contributed by atoms with Crippen molar-refractivity contribution in [2.75, 3.05) is 40.3 Å². The molecule has 2 aromatic rings. The van der Waals surface area contributed by atoms with E-state index in [4.69, 9.17) is 15.2 Å². The first-order chi connectivity index (χ1) is 16.3. The maximum atomic E-state index is 13.9. The third-order valence-electron chi connectivity index (χ3n) is 6.32. The highest BCUT2D eigenvalue weighted by Gasteiger charge is 2.40. The quantitative estimate of drug-likeness (QED) is 0.572. The third kappa shape index (κ3) is 6.04. The molecule has 1 amide bonds. The molecule has 2 atom stereocenters. The number of esters is 1. The SMILES string of the molecule is COc1ccc([C@@H]2CC(c3ccccc3)=C(C)N(CCN(C)CCN)C(=O)[C@@H]2OC(C)=O)cc1. The molecule has 0 saturated carbocycles. The zero-order valence-electron chi connectivity index (χ0n) is 20.5. The fraction of sp³-hybridized carbons (Fsp3) is 0.407. The van der Waals surface area contributed by atoms with E-state index >= 15 is 0 Å². The van der Waals surface area contributed by atoms with E-state index in [1.165, 1.54) is 6.92 Å². The molecular weight excluding hydrogens is 430 g/mol. The van der Waals surface area contributed by atoms with E-state index in [1.54, 1.807) is 12.0 Å². The number of benzene rings is 2. The van der Waals surface area contributed by atoms with Gasteiger partial charge in [-0.1, -0.05) is 42.5 Å². The molecule has 182 valence electrons. The molecule has 0 unspecified atom stereocenters. The van der Waals surface area contributed by atoms with Crippen LogP contribution < -0.4 is 10.5 Å². The maximum Gasteiger partial charge on any atom is 0.303 e.